The normalized spacial score (nSPS) is 12.5. The lowest BCUT2D eigenvalue weighted by Crippen LogP contribution is -2.10. The Labute approximate surface area is 121 Å². The molecule has 2 aromatic carbocycles. The van der Waals surface area contributed by atoms with Crippen LogP contribution in [0.25, 0.3) is 11.1 Å². The van der Waals surface area contributed by atoms with Crippen LogP contribution in [0.3, 0.4) is 0 Å². The maximum atomic E-state index is 12.8. The maximum Gasteiger partial charge on any atom is 0.418 e. The molecule has 2 aromatic rings. The lowest BCUT2D eigenvalue weighted by molar-refractivity contribution is -0.137. The molecule has 0 aliphatic carbocycles. The van der Waals surface area contributed by atoms with Crippen LogP contribution in [0.1, 0.15) is 11.1 Å². The number of hydrogen-bond donors (Lipinski definition) is 2. The number of rotatable bonds is 1. The first-order valence-electron chi connectivity index (χ1n) is 5.94. The molecule has 0 aliphatic heterocycles. The number of nitrogens with two attached hydrogens (primary N) is 2. The van der Waals surface area contributed by atoms with Crippen LogP contribution in [0.15, 0.2) is 36.4 Å². The van der Waals surface area contributed by atoms with Crippen molar-refractivity contribution >= 4 is 11.4 Å². The first kappa shape index (κ1) is 16.0. The molecule has 0 radical (unpaired) electrons. The third-order valence-corrected chi connectivity index (χ3v) is 3.05. The van der Waals surface area contributed by atoms with Crippen LogP contribution in [-0.2, 0) is 12.4 Å². The fraction of sp³-hybridized carbons (Fsp3) is 0.143. The number of benzene rings is 2. The second-order valence-corrected chi connectivity index (χ2v) is 4.60. The van der Waals surface area contributed by atoms with E-state index in [2.05, 4.69) is 0 Å². The summed E-state index contributed by atoms with van der Waals surface area (Å²) >= 11 is 0. The molecule has 0 spiro atoms. The minimum Gasteiger partial charge on any atom is -0.398 e. The van der Waals surface area contributed by atoms with Crippen molar-refractivity contribution in [2.45, 2.75) is 12.4 Å². The molecule has 0 saturated heterocycles. The van der Waals surface area contributed by atoms with Gasteiger partial charge in [-0.05, 0) is 35.4 Å². The SMILES string of the molecule is Nc1ccc(-c2ccc(N)c(C(F)(F)F)c2)cc1C(F)(F)F. The van der Waals surface area contributed by atoms with Gasteiger partial charge < -0.3 is 11.5 Å². The Bertz CT molecular complexity index is 642. The Morgan fingerprint density at radius 2 is 0.909 bits per heavy atom. The molecule has 0 aliphatic rings. The van der Waals surface area contributed by atoms with Crippen LogP contribution in [0, 0.1) is 0 Å². The summed E-state index contributed by atoms with van der Waals surface area (Å²) in [5.41, 5.74) is 7.25. The fourth-order valence-corrected chi connectivity index (χ4v) is 1.96. The predicted molar refractivity (Wildman–Crippen MR) is 70.7 cm³/mol. The molecule has 118 valence electrons. The minimum atomic E-state index is -4.69. The third-order valence-electron chi connectivity index (χ3n) is 3.05. The number of halogens is 6. The van der Waals surface area contributed by atoms with E-state index >= 15 is 0 Å². The highest BCUT2D eigenvalue weighted by molar-refractivity contribution is 5.71. The lowest BCUT2D eigenvalue weighted by atomic mass is 9.99. The molecule has 0 aromatic heterocycles. The zero-order valence-electron chi connectivity index (χ0n) is 10.9. The van der Waals surface area contributed by atoms with Crippen LogP contribution in [0.2, 0.25) is 0 Å². The summed E-state index contributed by atoms with van der Waals surface area (Å²) in [7, 11) is 0. The molecule has 2 nitrogen and oxygen atoms in total. The number of nitrogen functional groups attached to an aromatic ring is 2. The average molecular weight is 320 g/mol. The van der Waals surface area contributed by atoms with E-state index in [9.17, 15) is 26.3 Å². The molecular weight excluding hydrogens is 310 g/mol. The van der Waals surface area contributed by atoms with Crippen LogP contribution in [0.5, 0.6) is 0 Å². The molecular formula is C14H10F6N2. The van der Waals surface area contributed by atoms with Crippen LogP contribution in [0.4, 0.5) is 37.7 Å². The molecule has 0 amide bonds. The van der Waals surface area contributed by atoms with E-state index < -0.39 is 34.9 Å². The van der Waals surface area contributed by atoms with E-state index in [-0.39, 0.29) is 11.1 Å². The second kappa shape index (κ2) is 5.11. The van der Waals surface area contributed by atoms with Gasteiger partial charge in [-0.3, -0.25) is 0 Å². The summed E-state index contributed by atoms with van der Waals surface area (Å²) in [4.78, 5) is 0. The topological polar surface area (TPSA) is 52.0 Å². The van der Waals surface area contributed by atoms with Crippen LogP contribution in [-0.4, -0.2) is 0 Å². The molecule has 0 fully saturated rings. The van der Waals surface area contributed by atoms with Crippen LogP contribution >= 0.6 is 0 Å². The average Bonchev–Trinajstić information content (AvgIpc) is 2.37. The standard InChI is InChI=1S/C14H10F6N2/c15-13(16,17)9-5-7(1-3-11(9)21)8-2-4-12(22)10(6-8)14(18,19)20/h1-6H,21-22H2. The first-order chi connectivity index (χ1) is 10.00. The van der Waals surface area contributed by atoms with E-state index in [1.807, 2.05) is 0 Å². The highest BCUT2D eigenvalue weighted by atomic mass is 19.4. The van der Waals surface area contributed by atoms with Gasteiger partial charge in [0.05, 0.1) is 11.1 Å². The van der Waals surface area contributed by atoms with Crippen LogP contribution < -0.4 is 11.5 Å². The van der Waals surface area contributed by atoms with Crippen molar-refractivity contribution in [2.24, 2.45) is 0 Å². The Balaban J connectivity index is 2.59. The summed E-state index contributed by atoms with van der Waals surface area (Å²) < 4.78 is 76.8. The van der Waals surface area contributed by atoms with Crippen molar-refractivity contribution in [3.63, 3.8) is 0 Å². The predicted octanol–water partition coefficient (Wildman–Crippen LogP) is 4.56. The number of alkyl halides is 6. The van der Waals surface area contributed by atoms with Gasteiger partial charge in [0.2, 0.25) is 0 Å². The van der Waals surface area contributed by atoms with Crippen molar-refractivity contribution in [3.8, 4) is 11.1 Å². The summed E-state index contributed by atoms with van der Waals surface area (Å²) in [5.74, 6) is 0. The van der Waals surface area contributed by atoms with Crippen molar-refractivity contribution in [1.82, 2.24) is 0 Å². The Morgan fingerprint density at radius 3 is 1.18 bits per heavy atom. The van der Waals surface area contributed by atoms with E-state index in [0.29, 0.717) is 12.1 Å². The zero-order valence-corrected chi connectivity index (χ0v) is 10.9. The van der Waals surface area contributed by atoms with Crippen molar-refractivity contribution in [3.05, 3.63) is 47.5 Å². The summed E-state index contributed by atoms with van der Waals surface area (Å²) in [5, 5.41) is 0. The van der Waals surface area contributed by atoms with Gasteiger partial charge >= 0.3 is 12.4 Å². The third kappa shape index (κ3) is 3.10. The second-order valence-electron chi connectivity index (χ2n) is 4.60. The minimum absolute atomic E-state index is 0.0352. The van der Waals surface area contributed by atoms with Gasteiger partial charge in [-0.1, -0.05) is 12.1 Å². The summed E-state index contributed by atoms with van der Waals surface area (Å²) in [6.07, 6.45) is -9.39. The largest absolute Gasteiger partial charge is 0.418 e. The molecule has 0 atom stereocenters. The number of anilines is 2. The van der Waals surface area contributed by atoms with Gasteiger partial charge in [-0.15, -0.1) is 0 Å². The molecule has 22 heavy (non-hydrogen) atoms. The zero-order chi connectivity index (χ0) is 16.7. The molecule has 8 heteroatoms. The smallest absolute Gasteiger partial charge is 0.398 e. The highest BCUT2D eigenvalue weighted by Crippen LogP contribution is 2.39. The van der Waals surface area contributed by atoms with Crippen molar-refractivity contribution < 1.29 is 26.3 Å². The molecule has 0 bridgehead atoms. The van der Waals surface area contributed by atoms with Gasteiger partial charge in [0.15, 0.2) is 0 Å². The molecule has 0 saturated carbocycles. The Morgan fingerprint density at radius 1 is 0.591 bits per heavy atom. The Kier molecular flexibility index (Phi) is 3.72. The Hall–Kier alpha value is -2.38. The first-order valence-corrected chi connectivity index (χ1v) is 5.94. The van der Waals surface area contributed by atoms with E-state index in [1.165, 1.54) is 12.1 Å². The van der Waals surface area contributed by atoms with E-state index in [1.54, 1.807) is 0 Å². The van der Waals surface area contributed by atoms with Gasteiger partial charge in [-0.2, -0.15) is 26.3 Å². The van der Waals surface area contributed by atoms with Gasteiger partial charge in [-0.25, -0.2) is 0 Å². The fourth-order valence-electron chi connectivity index (χ4n) is 1.96. The maximum absolute atomic E-state index is 12.8. The molecule has 0 unspecified atom stereocenters. The van der Waals surface area contributed by atoms with Gasteiger partial charge in [0.1, 0.15) is 0 Å². The van der Waals surface area contributed by atoms with E-state index in [0.717, 1.165) is 12.1 Å². The molecule has 4 N–H and O–H groups in total. The quantitative estimate of drug-likeness (QED) is 0.598. The monoisotopic (exact) mass is 320 g/mol. The van der Waals surface area contributed by atoms with Crippen molar-refractivity contribution in [1.29, 1.82) is 0 Å². The van der Waals surface area contributed by atoms with Gasteiger partial charge in [0, 0.05) is 11.4 Å². The summed E-state index contributed by atoms with van der Waals surface area (Å²) in [6.45, 7) is 0. The molecule has 0 heterocycles. The highest BCUT2D eigenvalue weighted by Gasteiger charge is 2.34. The lowest BCUT2D eigenvalue weighted by Gasteiger charge is -2.14. The number of hydrogen-bond acceptors (Lipinski definition) is 2. The summed E-state index contributed by atoms with van der Waals surface area (Å²) in [6, 6.07) is 5.86. The van der Waals surface area contributed by atoms with Gasteiger partial charge in [0.25, 0.3) is 0 Å². The molecule has 2 rings (SSSR count). The van der Waals surface area contributed by atoms with E-state index in [4.69, 9.17) is 11.5 Å². The van der Waals surface area contributed by atoms with Crippen molar-refractivity contribution in [2.75, 3.05) is 11.5 Å².